The first-order valence-corrected chi connectivity index (χ1v) is 8.35. The van der Waals surface area contributed by atoms with Crippen molar-refractivity contribution in [1.82, 2.24) is 0 Å². The van der Waals surface area contributed by atoms with E-state index in [1.54, 1.807) is 0 Å². The van der Waals surface area contributed by atoms with E-state index in [9.17, 15) is 30.3 Å². The van der Waals surface area contributed by atoms with Crippen LogP contribution in [0.25, 0.3) is 0 Å². The fraction of sp³-hybridized carbons (Fsp3) is 0.316. The number of carbonyl (C=O) groups excluding carboxylic acids is 1. The van der Waals surface area contributed by atoms with Gasteiger partial charge in [0.05, 0.1) is 12.5 Å². The fourth-order valence-corrected chi connectivity index (χ4v) is 3.01. The van der Waals surface area contributed by atoms with Crippen LogP contribution in [0.2, 0.25) is 0 Å². The molecule has 0 saturated carbocycles. The monoisotopic (exact) mass is 376 g/mol. The Morgan fingerprint density at radius 1 is 1.15 bits per heavy atom. The van der Waals surface area contributed by atoms with Gasteiger partial charge >= 0.3 is 5.97 Å². The molecule has 3 unspecified atom stereocenters. The van der Waals surface area contributed by atoms with Crippen LogP contribution < -0.4 is 4.74 Å². The lowest BCUT2D eigenvalue weighted by Gasteiger charge is -2.34. The molecule has 8 nitrogen and oxygen atoms in total. The lowest BCUT2D eigenvalue weighted by atomic mass is 9.93. The molecule has 0 aliphatic carbocycles. The molecular weight excluding hydrogens is 356 g/mol. The van der Waals surface area contributed by atoms with Gasteiger partial charge < -0.3 is 35.0 Å². The van der Waals surface area contributed by atoms with Crippen LogP contribution in [0.5, 0.6) is 28.7 Å². The molecule has 1 aliphatic heterocycles. The minimum absolute atomic E-state index is 0.0965. The highest BCUT2D eigenvalue weighted by molar-refractivity contribution is 5.70. The molecule has 2 aromatic rings. The summed E-state index contributed by atoms with van der Waals surface area (Å²) < 4.78 is 11.3. The average molecular weight is 376 g/mol. The van der Waals surface area contributed by atoms with Gasteiger partial charge in [0.2, 0.25) is 0 Å². The van der Waals surface area contributed by atoms with Crippen molar-refractivity contribution in [3.05, 3.63) is 41.5 Å². The van der Waals surface area contributed by atoms with E-state index < -0.39 is 24.3 Å². The van der Waals surface area contributed by atoms with Crippen LogP contribution in [0.4, 0.5) is 0 Å². The van der Waals surface area contributed by atoms with E-state index in [1.165, 1.54) is 31.2 Å². The van der Waals surface area contributed by atoms with Gasteiger partial charge in [0.15, 0.2) is 17.6 Å². The van der Waals surface area contributed by atoms with Crippen LogP contribution in [-0.4, -0.2) is 43.7 Å². The first-order chi connectivity index (χ1) is 12.7. The topological polar surface area (TPSA) is 137 Å². The fourth-order valence-electron chi connectivity index (χ4n) is 3.01. The Morgan fingerprint density at radius 2 is 1.89 bits per heavy atom. The van der Waals surface area contributed by atoms with Crippen molar-refractivity contribution in [3.8, 4) is 28.7 Å². The van der Waals surface area contributed by atoms with Crippen molar-refractivity contribution in [2.24, 2.45) is 0 Å². The molecule has 1 heterocycles. The van der Waals surface area contributed by atoms with Gasteiger partial charge in [0.25, 0.3) is 0 Å². The standard InChI is InChI=1S/C19H20O8/c1-9(20)4-18(25)26-17-8-12-14(23)6-11(21)7-16(12)27-19(17)10-2-3-13(22)15(24)5-10/h2-3,5-7,9,17,19-24H,4,8H2,1H3. The van der Waals surface area contributed by atoms with Crippen LogP contribution in [-0.2, 0) is 16.0 Å². The molecule has 0 bridgehead atoms. The van der Waals surface area contributed by atoms with E-state index >= 15 is 0 Å². The minimum atomic E-state index is -0.879. The molecular formula is C19H20O8. The number of phenolic OH excluding ortho intramolecular Hbond substituents is 4. The van der Waals surface area contributed by atoms with Gasteiger partial charge in [-0.05, 0) is 19.1 Å². The first-order valence-electron chi connectivity index (χ1n) is 8.35. The molecule has 0 spiro atoms. The summed E-state index contributed by atoms with van der Waals surface area (Å²) in [5.41, 5.74) is 0.788. The Labute approximate surface area is 154 Å². The number of aromatic hydroxyl groups is 4. The normalized spacial score (nSPS) is 19.6. The Bertz CT molecular complexity index is 861. The molecule has 144 valence electrons. The molecule has 8 heteroatoms. The van der Waals surface area contributed by atoms with Gasteiger partial charge in [0.1, 0.15) is 23.4 Å². The van der Waals surface area contributed by atoms with E-state index in [0.29, 0.717) is 11.1 Å². The third-order valence-corrected chi connectivity index (χ3v) is 4.24. The van der Waals surface area contributed by atoms with Crippen molar-refractivity contribution in [2.75, 3.05) is 0 Å². The maximum Gasteiger partial charge on any atom is 0.308 e. The largest absolute Gasteiger partial charge is 0.508 e. The van der Waals surface area contributed by atoms with Gasteiger partial charge in [0, 0.05) is 29.7 Å². The van der Waals surface area contributed by atoms with Crippen LogP contribution in [0.1, 0.15) is 30.6 Å². The minimum Gasteiger partial charge on any atom is -0.508 e. The molecule has 0 aromatic heterocycles. The number of ether oxygens (including phenoxy) is 2. The molecule has 5 N–H and O–H groups in total. The summed E-state index contributed by atoms with van der Waals surface area (Å²) in [5.74, 6) is -1.50. The molecule has 3 atom stereocenters. The lowest BCUT2D eigenvalue weighted by molar-refractivity contribution is -0.157. The predicted octanol–water partition coefficient (Wildman–Crippen LogP) is 1.87. The Hall–Kier alpha value is -3.13. The number of aliphatic hydroxyl groups is 1. The van der Waals surface area contributed by atoms with Gasteiger partial charge in [-0.2, -0.15) is 0 Å². The average Bonchev–Trinajstić information content (AvgIpc) is 2.56. The number of rotatable bonds is 4. The van der Waals surface area contributed by atoms with Crippen molar-refractivity contribution >= 4 is 5.97 Å². The van der Waals surface area contributed by atoms with Crippen molar-refractivity contribution < 1.29 is 39.8 Å². The summed E-state index contributed by atoms with van der Waals surface area (Å²) in [7, 11) is 0. The number of carbonyl (C=O) groups is 1. The van der Waals surface area contributed by atoms with Gasteiger partial charge in [-0.3, -0.25) is 4.79 Å². The third kappa shape index (κ3) is 4.01. The van der Waals surface area contributed by atoms with E-state index in [2.05, 4.69) is 0 Å². The second-order valence-electron chi connectivity index (χ2n) is 6.51. The molecule has 0 amide bonds. The Kier molecular flexibility index (Phi) is 5.00. The zero-order valence-corrected chi connectivity index (χ0v) is 14.5. The van der Waals surface area contributed by atoms with Crippen molar-refractivity contribution in [3.63, 3.8) is 0 Å². The van der Waals surface area contributed by atoms with Crippen molar-refractivity contribution in [1.29, 1.82) is 0 Å². The molecule has 2 aromatic carbocycles. The van der Waals surface area contributed by atoms with E-state index in [1.807, 2.05) is 0 Å². The van der Waals surface area contributed by atoms with Gasteiger partial charge in [-0.25, -0.2) is 0 Å². The van der Waals surface area contributed by atoms with E-state index in [0.717, 1.165) is 6.07 Å². The van der Waals surface area contributed by atoms with Crippen LogP contribution in [0.15, 0.2) is 30.3 Å². The summed E-state index contributed by atoms with van der Waals surface area (Å²) in [4.78, 5) is 12.0. The van der Waals surface area contributed by atoms with E-state index in [-0.39, 0.29) is 41.6 Å². The first kappa shape index (κ1) is 18.7. The molecule has 0 saturated heterocycles. The Morgan fingerprint density at radius 3 is 2.56 bits per heavy atom. The maximum atomic E-state index is 12.0. The third-order valence-electron chi connectivity index (χ3n) is 4.24. The molecule has 27 heavy (non-hydrogen) atoms. The number of benzene rings is 2. The smallest absolute Gasteiger partial charge is 0.308 e. The number of fused-ring (bicyclic) bond motifs is 1. The van der Waals surface area contributed by atoms with Gasteiger partial charge in [-0.15, -0.1) is 0 Å². The maximum absolute atomic E-state index is 12.0. The molecule has 0 radical (unpaired) electrons. The number of hydrogen-bond donors (Lipinski definition) is 5. The summed E-state index contributed by atoms with van der Waals surface area (Å²) >= 11 is 0. The van der Waals surface area contributed by atoms with Gasteiger partial charge in [-0.1, -0.05) is 6.07 Å². The quantitative estimate of drug-likeness (QED) is 0.403. The summed E-state index contributed by atoms with van der Waals surface area (Å²) in [6, 6.07) is 6.55. The Balaban J connectivity index is 1.97. The molecule has 1 aliphatic rings. The highest BCUT2D eigenvalue weighted by Gasteiger charge is 2.36. The van der Waals surface area contributed by atoms with E-state index in [4.69, 9.17) is 9.47 Å². The summed E-state index contributed by atoms with van der Waals surface area (Å²) in [5, 5.41) is 48.4. The zero-order chi connectivity index (χ0) is 19.7. The lowest BCUT2D eigenvalue weighted by Crippen LogP contribution is -2.35. The summed E-state index contributed by atoms with van der Waals surface area (Å²) in [6.45, 7) is 1.46. The number of aliphatic hydroxyl groups excluding tert-OH is 1. The number of hydrogen-bond acceptors (Lipinski definition) is 8. The zero-order valence-electron chi connectivity index (χ0n) is 14.5. The van der Waals surface area contributed by atoms with Crippen LogP contribution in [0.3, 0.4) is 0 Å². The molecule has 0 fully saturated rings. The second kappa shape index (κ2) is 7.24. The summed E-state index contributed by atoms with van der Waals surface area (Å²) in [6.07, 6.45) is -2.71. The second-order valence-corrected chi connectivity index (χ2v) is 6.51. The predicted molar refractivity (Wildman–Crippen MR) is 92.8 cm³/mol. The SMILES string of the molecule is CC(O)CC(=O)OC1Cc2c(O)cc(O)cc2OC1c1ccc(O)c(O)c1. The highest BCUT2D eigenvalue weighted by Crippen LogP contribution is 2.43. The van der Waals surface area contributed by atoms with Crippen molar-refractivity contribution in [2.45, 2.75) is 38.1 Å². The number of esters is 1. The highest BCUT2D eigenvalue weighted by atomic mass is 16.6. The number of phenols is 4. The molecule has 3 rings (SSSR count). The van der Waals surface area contributed by atoms with Crippen LogP contribution in [0, 0.1) is 0 Å². The van der Waals surface area contributed by atoms with Crippen LogP contribution >= 0.6 is 0 Å².